The van der Waals surface area contributed by atoms with Gasteiger partial charge in [0.15, 0.2) is 5.16 Å². The number of nitrogens with zero attached hydrogens (tertiary/aromatic N) is 5. The van der Waals surface area contributed by atoms with Gasteiger partial charge in [-0.15, -0.1) is 0 Å². The third-order valence-electron chi connectivity index (χ3n) is 5.91. The van der Waals surface area contributed by atoms with Crippen LogP contribution in [0.5, 0.6) is 0 Å². The van der Waals surface area contributed by atoms with Crippen molar-refractivity contribution >= 4 is 52.4 Å². The molecule has 1 saturated heterocycles. The molecule has 0 radical (unpaired) electrons. The fourth-order valence-electron chi connectivity index (χ4n) is 4.08. The van der Waals surface area contributed by atoms with E-state index in [0.29, 0.717) is 34.7 Å². The number of para-hydroxylation sites is 1. The Kier molecular flexibility index (Phi) is 8.76. The van der Waals surface area contributed by atoms with Crippen molar-refractivity contribution in [1.29, 1.82) is 0 Å². The Labute approximate surface area is 221 Å². The summed E-state index contributed by atoms with van der Waals surface area (Å²) in [5.74, 6) is 1.52. The molecule has 184 valence electrons. The molecular weight excluding hydrogens is 501 g/mol. The number of hydrogen-bond acceptors (Lipinski definition) is 6. The van der Waals surface area contributed by atoms with Gasteiger partial charge in [0.1, 0.15) is 11.0 Å². The van der Waals surface area contributed by atoms with Gasteiger partial charge < -0.3 is 14.7 Å². The zero-order valence-electron chi connectivity index (χ0n) is 20.0. The molecule has 1 aliphatic rings. The molecule has 3 aromatic rings. The number of piperazine rings is 1. The van der Waals surface area contributed by atoms with E-state index >= 15 is 0 Å². The average Bonchev–Trinajstić information content (AvgIpc) is 2.87. The molecule has 9 heteroatoms. The first kappa shape index (κ1) is 25.6. The molecule has 0 spiro atoms. The van der Waals surface area contributed by atoms with Crippen LogP contribution in [0.4, 0.5) is 11.5 Å². The molecule has 0 N–H and O–H groups in total. The number of halogens is 2. The molecule has 0 unspecified atom stereocenters. The second kappa shape index (κ2) is 12.0. The highest BCUT2D eigenvalue weighted by Crippen LogP contribution is 2.27. The summed E-state index contributed by atoms with van der Waals surface area (Å²) in [6.45, 7) is 5.86. The van der Waals surface area contributed by atoms with Crippen LogP contribution in [0.1, 0.15) is 29.3 Å². The van der Waals surface area contributed by atoms with Gasteiger partial charge in [-0.3, -0.25) is 4.79 Å². The van der Waals surface area contributed by atoms with Crippen LogP contribution in [0.2, 0.25) is 10.2 Å². The Morgan fingerprint density at radius 1 is 1.03 bits per heavy atom. The Morgan fingerprint density at radius 3 is 2.54 bits per heavy atom. The van der Waals surface area contributed by atoms with E-state index in [1.807, 2.05) is 60.5 Å². The van der Waals surface area contributed by atoms with E-state index in [9.17, 15) is 4.79 Å². The third-order valence-corrected chi connectivity index (χ3v) is 7.34. The highest BCUT2D eigenvalue weighted by molar-refractivity contribution is 7.98. The lowest BCUT2D eigenvalue weighted by atomic mass is 10.1. The van der Waals surface area contributed by atoms with E-state index in [1.54, 1.807) is 6.07 Å². The minimum Gasteiger partial charge on any atom is -0.367 e. The van der Waals surface area contributed by atoms with Crippen molar-refractivity contribution < 1.29 is 4.79 Å². The summed E-state index contributed by atoms with van der Waals surface area (Å²) in [5.41, 5.74) is 2.76. The average molecular weight is 531 g/mol. The second-order valence-corrected chi connectivity index (χ2v) is 10.2. The normalized spacial score (nSPS) is 13.7. The Morgan fingerprint density at radius 2 is 1.80 bits per heavy atom. The zero-order valence-corrected chi connectivity index (χ0v) is 22.3. The largest absolute Gasteiger partial charge is 0.367 e. The maximum Gasteiger partial charge on any atom is 0.253 e. The monoisotopic (exact) mass is 529 g/mol. The van der Waals surface area contributed by atoms with Crippen LogP contribution in [0.3, 0.4) is 0 Å². The maximum absolute atomic E-state index is 13.2. The first-order valence-electron chi connectivity index (χ1n) is 11.7. The Hall–Kier alpha value is -2.48. The molecular formula is C26H29Cl2N5OS. The minimum absolute atomic E-state index is 0.0538. The van der Waals surface area contributed by atoms with Crippen molar-refractivity contribution in [3.8, 4) is 0 Å². The van der Waals surface area contributed by atoms with Gasteiger partial charge in [0.25, 0.3) is 5.91 Å². The van der Waals surface area contributed by atoms with Gasteiger partial charge in [0, 0.05) is 57.2 Å². The van der Waals surface area contributed by atoms with Gasteiger partial charge in [-0.25, -0.2) is 9.97 Å². The molecule has 2 heterocycles. The van der Waals surface area contributed by atoms with Crippen molar-refractivity contribution in [1.82, 2.24) is 14.9 Å². The molecule has 6 nitrogen and oxygen atoms in total. The summed E-state index contributed by atoms with van der Waals surface area (Å²) in [4.78, 5) is 28.4. The molecule has 0 atom stereocenters. The SMILES string of the molecule is CCCN(C)c1cc(Cl)nc(SCc2cccc(C(=O)N3CCN(c4ccccc4Cl)CC3)c2)n1. The van der Waals surface area contributed by atoms with Crippen LogP contribution >= 0.6 is 35.0 Å². The molecule has 0 saturated carbocycles. The molecule has 1 fully saturated rings. The fraction of sp³-hybridized carbons (Fsp3) is 0.346. The van der Waals surface area contributed by atoms with Crippen LogP contribution < -0.4 is 9.80 Å². The Bertz CT molecular complexity index is 1170. The number of hydrogen-bond donors (Lipinski definition) is 0. The van der Waals surface area contributed by atoms with Gasteiger partial charge in [0.05, 0.1) is 10.7 Å². The first-order valence-corrected chi connectivity index (χ1v) is 13.4. The summed E-state index contributed by atoms with van der Waals surface area (Å²) in [5, 5.41) is 1.80. The second-order valence-electron chi connectivity index (χ2n) is 8.47. The number of benzene rings is 2. The summed E-state index contributed by atoms with van der Waals surface area (Å²) in [6, 6.07) is 17.4. The van der Waals surface area contributed by atoms with Crippen LogP contribution in [-0.4, -0.2) is 60.5 Å². The smallest absolute Gasteiger partial charge is 0.253 e. The number of rotatable bonds is 8. The van der Waals surface area contributed by atoms with E-state index in [2.05, 4.69) is 26.7 Å². The molecule has 35 heavy (non-hydrogen) atoms. The third kappa shape index (κ3) is 6.60. The van der Waals surface area contributed by atoms with Crippen molar-refractivity contribution in [2.45, 2.75) is 24.3 Å². The van der Waals surface area contributed by atoms with Crippen LogP contribution in [0.15, 0.2) is 59.8 Å². The van der Waals surface area contributed by atoms with Crippen LogP contribution in [0, 0.1) is 0 Å². The first-order chi connectivity index (χ1) is 16.9. The lowest BCUT2D eigenvalue weighted by molar-refractivity contribution is 0.0746. The number of amides is 1. The van der Waals surface area contributed by atoms with E-state index < -0.39 is 0 Å². The molecule has 1 aromatic heterocycles. The highest BCUT2D eigenvalue weighted by Gasteiger charge is 2.23. The lowest BCUT2D eigenvalue weighted by Gasteiger charge is -2.36. The molecule has 4 rings (SSSR count). The molecule has 1 amide bonds. The summed E-state index contributed by atoms with van der Waals surface area (Å²) < 4.78 is 0. The summed E-state index contributed by atoms with van der Waals surface area (Å²) in [7, 11) is 2.00. The Balaban J connectivity index is 1.37. The van der Waals surface area contributed by atoms with Gasteiger partial charge in [-0.1, -0.05) is 66.2 Å². The molecule has 2 aromatic carbocycles. The molecule has 0 aliphatic carbocycles. The van der Waals surface area contributed by atoms with Gasteiger partial charge in [-0.05, 0) is 36.2 Å². The predicted molar refractivity (Wildman–Crippen MR) is 146 cm³/mol. The summed E-state index contributed by atoms with van der Waals surface area (Å²) in [6.07, 6.45) is 1.02. The van der Waals surface area contributed by atoms with E-state index in [0.717, 1.165) is 48.1 Å². The van der Waals surface area contributed by atoms with E-state index in [1.165, 1.54) is 11.8 Å². The molecule has 0 bridgehead atoms. The number of anilines is 2. The number of aromatic nitrogens is 2. The number of carbonyl (C=O) groups is 1. The van der Waals surface area contributed by atoms with E-state index in [4.69, 9.17) is 23.2 Å². The van der Waals surface area contributed by atoms with Crippen molar-refractivity contribution in [2.75, 3.05) is 49.6 Å². The number of carbonyl (C=O) groups excluding carboxylic acids is 1. The highest BCUT2D eigenvalue weighted by atomic mass is 35.5. The van der Waals surface area contributed by atoms with Gasteiger partial charge in [0.2, 0.25) is 0 Å². The quantitative estimate of drug-likeness (QED) is 0.206. The van der Waals surface area contributed by atoms with Crippen LogP contribution in [-0.2, 0) is 5.75 Å². The van der Waals surface area contributed by atoms with Gasteiger partial charge >= 0.3 is 0 Å². The van der Waals surface area contributed by atoms with Crippen molar-refractivity contribution in [3.63, 3.8) is 0 Å². The van der Waals surface area contributed by atoms with Crippen LogP contribution in [0.25, 0.3) is 0 Å². The predicted octanol–water partition coefficient (Wildman–Crippen LogP) is 5.88. The standard InChI is InChI=1S/C26H29Cl2N5OS/c1-3-11-31(2)24-17-23(28)29-26(30-24)35-18-19-7-6-8-20(16-19)25(34)33-14-12-32(13-15-33)22-10-5-4-9-21(22)27/h4-10,16-17H,3,11-15,18H2,1-2H3. The van der Waals surface area contributed by atoms with Crippen molar-refractivity contribution in [3.05, 3.63) is 75.9 Å². The topological polar surface area (TPSA) is 52.6 Å². The maximum atomic E-state index is 13.2. The number of thioether (sulfide) groups is 1. The van der Waals surface area contributed by atoms with Crippen molar-refractivity contribution in [2.24, 2.45) is 0 Å². The lowest BCUT2D eigenvalue weighted by Crippen LogP contribution is -2.48. The summed E-state index contributed by atoms with van der Waals surface area (Å²) >= 11 is 14.1. The van der Waals surface area contributed by atoms with E-state index in [-0.39, 0.29) is 5.91 Å². The fourth-order valence-corrected chi connectivity index (χ4v) is 5.36. The molecule has 1 aliphatic heterocycles. The van der Waals surface area contributed by atoms with Gasteiger partial charge in [-0.2, -0.15) is 0 Å². The zero-order chi connectivity index (χ0) is 24.8. The minimum atomic E-state index is 0.0538.